The number of rotatable bonds is 3. The van der Waals surface area contributed by atoms with Gasteiger partial charge in [0, 0.05) is 17.4 Å². The fourth-order valence-electron chi connectivity index (χ4n) is 2.23. The molecule has 3 aromatic rings. The van der Waals surface area contributed by atoms with E-state index < -0.39 is 9.84 Å². The molecule has 0 aliphatic rings. The van der Waals surface area contributed by atoms with E-state index in [1.54, 1.807) is 18.2 Å². The van der Waals surface area contributed by atoms with E-state index in [2.05, 4.69) is 9.97 Å². The van der Waals surface area contributed by atoms with Crippen LogP contribution in [0, 0.1) is 12.7 Å². The Balaban J connectivity index is 2.21. The summed E-state index contributed by atoms with van der Waals surface area (Å²) >= 11 is 0. The van der Waals surface area contributed by atoms with Gasteiger partial charge in [-0.1, -0.05) is 29.8 Å². The third-order valence-electron chi connectivity index (χ3n) is 3.52. The highest BCUT2D eigenvalue weighted by Gasteiger charge is 2.16. The molecule has 0 spiro atoms. The zero-order valence-electron chi connectivity index (χ0n) is 13.2. The smallest absolute Gasteiger partial charge is 0.221 e. The molecule has 3 rings (SSSR count). The van der Waals surface area contributed by atoms with E-state index in [9.17, 15) is 12.8 Å². The number of nitrogens with zero attached hydrogens (tertiary/aromatic N) is 2. The molecule has 24 heavy (non-hydrogen) atoms. The highest BCUT2D eigenvalue weighted by molar-refractivity contribution is 7.90. The Bertz CT molecular complexity index is 919. The van der Waals surface area contributed by atoms with E-state index >= 15 is 0 Å². The van der Waals surface area contributed by atoms with Gasteiger partial charge in [-0.15, -0.1) is 0 Å². The van der Waals surface area contributed by atoms with Crippen molar-refractivity contribution >= 4 is 9.84 Å². The number of hydrogen-bond donors (Lipinski definition) is 0. The van der Waals surface area contributed by atoms with Crippen LogP contribution in [0.5, 0.6) is 0 Å². The molecule has 0 radical (unpaired) electrons. The zero-order chi connectivity index (χ0) is 17.3. The first-order valence-corrected chi connectivity index (χ1v) is 9.14. The highest BCUT2D eigenvalue weighted by Crippen LogP contribution is 2.25. The summed E-state index contributed by atoms with van der Waals surface area (Å²) in [7, 11) is -3.58. The summed E-state index contributed by atoms with van der Waals surface area (Å²) in [5.41, 5.74) is 3.44. The third kappa shape index (κ3) is 3.49. The second-order valence-electron chi connectivity index (χ2n) is 5.57. The Morgan fingerprint density at radius 2 is 1.29 bits per heavy atom. The van der Waals surface area contributed by atoms with Crippen molar-refractivity contribution in [1.29, 1.82) is 0 Å². The monoisotopic (exact) mass is 342 g/mol. The van der Waals surface area contributed by atoms with Crippen molar-refractivity contribution in [1.82, 2.24) is 9.97 Å². The molecule has 0 saturated carbocycles. The largest absolute Gasteiger partial charge is 0.247 e. The quantitative estimate of drug-likeness (QED) is 0.682. The van der Waals surface area contributed by atoms with Crippen LogP contribution in [-0.4, -0.2) is 24.6 Å². The maximum absolute atomic E-state index is 13.1. The Labute approximate surface area is 140 Å². The second-order valence-corrected chi connectivity index (χ2v) is 7.48. The van der Waals surface area contributed by atoms with E-state index in [0.717, 1.165) is 17.4 Å². The van der Waals surface area contributed by atoms with Gasteiger partial charge in [0.05, 0.1) is 11.4 Å². The van der Waals surface area contributed by atoms with Crippen LogP contribution in [0.4, 0.5) is 4.39 Å². The van der Waals surface area contributed by atoms with Crippen LogP contribution in [0.15, 0.2) is 59.8 Å². The van der Waals surface area contributed by atoms with Gasteiger partial charge >= 0.3 is 0 Å². The number of aryl methyl sites for hydroxylation is 1. The van der Waals surface area contributed by atoms with Crippen molar-refractivity contribution in [2.75, 3.05) is 6.26 Å². The molecular weight excluding hydrogens is 327 g/mol. The molecule has 4 nitrogen and oxygen atoms in total. The lowest BCUT2D eigenvalue weighted by atomic mass is 10.1. The van der Waals surface area contributed by atoms with Gasteiger partial charge in [-0.05, 0) is 37.3 Å². The highest BCUT2D eigenvalue weighted by atomic mass is 32.2. The molecule has 0 unspecified atom stereocenters. The number of sulfone groups is 1. The third-order valence-corrected chi connectivity index (χ3v) is 4.37. The standard InChI is InChI=1S/C18H15FN2O2S/c1-12-3-5-13(6-4-12)16-11-17(14-7-9-15(19)10-8-14)21-18(20-16)24(2,22)23/h3-11H,1-2H3. The van der Waals surface area contributed by atoms with Gasteiger partial charge in [0.25, 0.3) is 0 Å². The van der Waals surface area contributed by atoms with Crippen molar-refractivity contribution in [3.05, 3.63) is 66.0 Å². The number of halogens is 1. The van der Waals surface area contributed by atoms with Crippen LogP contribution in [0.3, 0.4) is 0 Å². The number of aromatic nitrogens is 2. The molecule has 2 aromatic carbocycles. The minimum Gasteiger partial charge on any atom is -0.221 e. The van der Waals surface area contributed by atoms with E-state index in [0.29, 0.717) is 17.0 Å². The lowest BCUT2D eigenvalue weighted by Gasteiger charge is -2.08. The molecule has 122 valence electrons. The zero-order valence-corrected chi connectivity index (χ0v) is 14.0. The van der Waals surface area contributed by atoms with Gasteiger partial charge in [0.15, 0.2) is 0 Å². The normalized spacial score (nSPS) is 11.5. The molecule has 0 aliphatic carbocycles. The van der Waals surface area contributed by atoms with Crippen LogP contribution in [0.2, 0.25) is 0 Å². The van der Waals surface area contributed by atoms with Crippen molar-refractivity contribution < 1.29 is 12.8 Å². The van der Waals surface area contributed by atoms with Crippen LogP contribution < -0.4 is 0 Å². The topological polar surface area (TPSA) is 59.9 Å². The van der Waals surface area contributed by atoms with E-state index in [1.807, 2.05) is 31.2 Å². The van der Waals surface area contributed by atoms with Crippen LogP contribution >= 0.6 is 0 Å². The first-order valence-electron chi connectivity index (χ1n) is 7.25. The molecule has 1 aromatic heterocycles. The van der Waals surface area contributed by atoms with Crippen LogP contribution in [0.1, 0.15) is 5.56 Å². The number of hydrogen-bond acceptors (Lipinski definition) is 4. The summed E-state index contributed by atoms with van der Waals surface area (Å²) in [5.74, 6) is -0.366. The van der Waals surface area contributed by atoms with Gasteiger partial charge in [0.2, 0.25) is 15.0 Å². The van der Waals surface area contributed by atoms with Crippen LogP contribution in [-0.2, 0) is 9.84 Å². The van der Waals surface area contributed by atoms with Gasteiger partial charge in [-0.2, -0.15) is 0 Å². The van der Waals surface area contributed by atoms with E-state index in [1.165, 1.54) is 12.1 Å². The summed E-state index contributed by atoms with van der Waals surface area (Å²) in [6.45, 7) is 1.97. The maximum Gasteiger partial charge on any atom is 0.247 e. The molecule has 0 aliphatic heterocycles. The molecule has 0 saturated heterocycles. The molecule has 0 bridgehead atoms. The Hall–Kier alpha value is -2.60. The molecule has 1 heterocycles. The van der Waals surface area contributed by atoms with Crippen molar-refractivity contribution in [2.24, 2.45) is 0 Å². The molecular formula is C18H15FN2O2S. The molecule has 0 amide bonds. The first-order chi connectivity index (χ1) is 11.3. The van der Waals surface area contributed by atoms with Gasteiger partial charge in [0.1, 0.15) is 5.82 Å². The van der Waals surface area contributed by atoms with Crippen molar-refractivity contribution in [3.63, 3.8) is 0 Å². The van der Waals surface area contributed by atoms with Crippen LogP contribution in [0.25, 0.3) is 22.5 Å². The summed E-state index contributed by atoms with van der Waals surface area (Å²) in [6, 6.07) is 15.0. The average Bonchev–Trinajstić information content (AvgIpc) is 2.55. The minimum atomic E-state index is -3.58. The molecule has 0 atom stereocenters. The van der Waals surface area contributed by atoms with Crippen molar-refractivity contribution in [3.8, 4) is 22.5 Å². The Morgan fingerprint density at radius 3 is 1.75 bits per heavy atom. The van der Waals surface area contributed by atoms with E-state index in [4.69, 9.17) is 0 Å². The average molecular weight is 342 g/mol. The Morgan fingerprint density at radius 1 is 0.833 bits per heavy atom. The predicted octanol–water partition coefficient (Wildman–Crippen LogP) is 3.66. The fourth-order valence-corrected chi connectivity index (χ4v) is 2.76. The predicted molar refractivity (Wildman–Crippen MR) is 90.7 cm³/mol. The SMILES string of the molecule is Cc1ccc(-c2cc(-c3ccc(F)cc3)nc(S(C)(=O)=O)n2)cc1. The summed E-state index contributed by atoms with van der Waals surface area (Å²) in [6.07, 6.45) is 1.07. The van der Waals surface area contributed by atoms with E-state index in [-0.39, 0.29) is 11.0 Å². The molecule has 6 heteroatoms. The second kappa shape index (κ2) is 6.13. The Kier molecular flexibility index (Phi) is 4.15. The minimum absolute atomic E-state index is 0.250. The lowest BCUT2D eigenvalue weighted by molar-refractivity contribution is 0.593. The summed E-state index contributed by atoms with van der Waals surface area (Å²) in [5, 5.41) is -0.250. The number of benzene rings is 2. The van der Waals surface area contributed by atoms with Gasteiger partial charge in [-0.25, -0.2) is 22.8 Å². The summed E-state index contributed by atoms with van der Waals surface area (Å²) < 4.78 is 37.0. The first kappa shape index (κ1) is 16.3. The maximum atomic E-state index is 13.1. The summed E-state index contributed by atoms with van der Waals surface area (Å²) in [4.78, 5) is 8.30. The molecule has 0 N–H and O–H groups in total. The van der Waals surface area contributed by atoms with Gasteiger partial charge in [-0.3, -0.25) is 0 Å². The molecule has 0 fully saturated rings. The van der Waals surface area contributed by atoms with Gasteiger partial charge < -0.3 is 0 Å². The lowest BCUT2D eigenvalue weighted by Crippen LogP contribution is -2.06. The van der Waals surface area contributed by atoms with Crippen molar-refractivity contribution in [2.45, 2.75) is 12.1 Å². The fraction of sp³-hybridized carbons (Fsp3) is 0.111.